The highest BCUT2D eigenvalue weighted by Gasteiger charge is 2.34. The SMILES string of the molecule is CN1CCC(NS(=O)(=O)c2ccc(C(=O)O)o2)C1=O. The van der Waals surface area contributed by atoms with E-state index >= 15 is 0 Å². The van der Waals surface area contributed by atoms with E-state index < -0.39 is 32.9 Å². The Bertz CT molecular complexity index is 620. The third-order valence-electron chi connectivity index (χ3n) is 2.78. The highest BCUT2D eigenvalue weighted by molar-refractivity contribution is 7.89. The molecular weight excluding hydrogens is 276 g/mol. The van der Waals surface area contributed by atoms with Gasteiger partial charge in [-0.15, -0.1) is 0 Å². The minimum Gasteiger partial charge on any atom is -0.475 e. The molecule has 0 spiro atoms. The lowest BCUT2D eigenvalue weighted by Gasteiger charge is -2.11. The van der Waals surface area contributed by atoms with E-state index in [9.17, 15) is 18.0 Å². The quantitative estimate of drug-likeness (QED) is 0.770. The van der Waals surface area contributed by atoms with E-state index in [1.807, 2.05) is 0 Å². The highest BCUT2D eigenvalue weighted by atomic mass is 32.2. The first kappa shape index (κ1) is 13.6. The standard InChI is InChI=1S/C10H12N2O6S/c1-12-5-4-6(9(12)13)11-19(16,17)8-3-2-7(18-8)10(14)15/h2-3,6,11H,4-5H2,1H3,(H,14,15). The number of nitrogens with zero attached hydrogens (tertiary/aromatic N) is 1. The molecule has 1 atom stereocenters. The van der Waals surface area contributed by atoms with Gasteiger partial charge in [-0.25, -0.2) is 13.2 Å². The number of carboxylic acids is 1. The van der Waals surface area contributed by atoms with Crippen LogP contribution in [0.4, 0.5) is 0 Å². The molecule has 19 heavy (non-hydrogen) atoms. The molecule has 9 heteroatoms. The maximum Gasteiger partial charge on any atom is 0.371 e. The second kappa shape index (κ2) is 4.67. The summed E-state index contributed by atoms with van der Waals surface area (Å²) in [7, 11) is -2.46. The molecule has 1 aliphatic heterocycles. The van der Waals surface area contributed by atoms with E-state index in [4.69, 9.17) is 9.52 Å². The first-order valence-electron chi connectivity index (χ1n) is 5.42. The molecular formula is C10H12N2O6S. The summed E-state index contributed by atoms with van der Waals surface area (Å²) in [5, 5.41) is 8.13. The summed E-state index contributed by atoms with van der Waals surface area (Å²) in [4.78, 5) is 23.6. The van der Waals surface area contributed by atoms with Crippen molar-refractivity contribution in [1.29, 1.82) is 0 Å². The van der Waals surface area contributed by atoms with Crippen LogP contribution in [0.1, 0.15) is 17.0 Å². The van der Waals surface area contributed by atoms with Gasteiger partial charge in [0.15, 0.2) is 0 Å². The third kappa shape index (κ3) is 2.61. The Hall–Kier alpha value is -1.87. The summed E-state index contributed by atoms with van der Waals surface area (Å²) >= 11 is 0. The van der Waals surface area contributed by atoms with Crippen molar-refractivity contribution >= 4 is 21.9 Å². The summed E-state index contributed by atoms with van der Waals surface area (Å²) in [6.45, 7) is 0.463. The predicted octanol–water partition coefficient (Wildman–Crippen LogP) is -0.513. The normalized spacial score (nSPS) is 19.9. The maximum absolute atomic E-state index is 11.9. The molecule has 0 aromatic carbocycles. The van der Waals surface area contributed by atoms with Crippen molar-refractivity contribution in [3.8, 4) is 0 Å². The molecule has 1 aromatic rings. The van der Waals surface area contributed by atoms with E-state index in [0.29, 0.717) is 13.0 Å². The van der Waals surface area contributed by atoms with Crippen LogP contribution < -0.4 is 4.72 Å². The Labute approximate surface area is 109 Å². The van der Waals surface area contributed by atoms with Crippen LogP contribution in [0.3, 0.4) is 0 Å². The molecule has 104 valence electrons. The topological polar surface area (TPSA) is 117 Å². The number of amides is 1. The van der Waals surface area contributed by atoms with Gasteiger partial charge in [0.05, 0.1) is 0 Å². The Kier molecular flexibility index (Phi) is 3.33. The van der Waals surface area contributed by atoms with Crippen molar-refractivity contribution in [1.82, 2.24) is 9.62 Å². The minimum atomic E-state index is -4.04. The number of aromatic carboxylic acids is 1. The van der Waals surface area contributed by atoms with Crippen LogP contribution >= 0.6 is 0 Å². The molecule has 1 aromatic heterocycles. The lowest BCUT2D eigenvalue weighted by Crippen LogP contribution is -2.40. The van der Waals surface area contributed by atoms with Crippen molar-refractivity contribution < 1.29 is 27.5 Å². The van der Waals surface area contributed by atoms with Crippen LogP contribution in [0.15, 0.2) is 21.6 Å². The smallest absolute Gasteiger partial charge is 0.371 e. The molecule has 1 aliphatic rings. The molecule has 2 heterocycles. The first-order chi connectivity index (χ1) is 8.81. The van der Waals surface area contributed by atoms with Gasteiger partial charge in [-0.1, -0.05) is 0 Å². The zero-order chi connectivity index (χ0) is 14.2. The second-order valence-corrected chi connectivity index (χ2v) is 5.79. The number of hydrogen-bond acceptors (Lipinski definition) is 5. The number of hydrogen-bond donors (Lipinski definition) is 2. The van der Waals surface area contributed by atoms with Crippen molar-refractivity contribution in [3.63, 3.8) is 0 Å². The maximum atomic E-state index is 11.9. The number of nitrogens with one attached hydrogen (secondary N) is 1. The van der Waals surface area contributed by atoms with Crippen LogP contribution in [0.2, 0.25) is 0 Å². The molecule has 1 unspecified atom stereocenters. The molecule has 0 saturated carbocycles. The Morgan fingerprint density at radius 2 is 2.21 bits per heavy atom. The molecule has 0 radical (unpaired) electrons. The van der Waals surface area contributed by atoms with Crippen LogP contribution in [0, 0.1) is 0 Å². The van der Waals surface area contributed by atoms with Crippen molar-refractivity contribution in [2.45, 2.75) is 17.6 Å². The lowest BCUT2D eigenvalue weighted by molar-refractivity contribution is -0.127. The van der Waals surface area contributed by atoms with Gasteiger partial charge < -0.3 is 14.4 Å². The molecule has 0 bridgehead atoms. The van der Waals surface area contributed by atoms with E-state index in [1.165, 1.54) is 4.90 Å². The number of sulfonamides is 1. The third-order valence-corrected chi connectivity index (χ3v) is 4.13. The molecule has 1 amide bonds. The second-order valence-electron chi connectivity index (χ2n) is 4.15. The van der Waals surface area contributed by atoms with Crippen molar-refractivity contribution in [2.24, 2.45) is 0 Å². The monoisotopic (exact) mass is 288 g/mol. The van der Waals surface area contributed by atoms with Gasteiger partial charge in [0.2, 0.25) is 16.8 Å². The molecule has 2 rings (SSSR count). The number of carboxylic acid groups (broad SMARTS) is 1. The van der Waals surface area contributed by atoms with Crippen LogP contribution in [-0.4, -0.2) is 49.9 Å². The average molecular weight is 288 g/mol. The number of carbonyl (C=O) groups excluding carboxylic acids is 1. The fourth-order valence-corrected chi connectivity index (χ4v) is 2.91. The number of likely N-dealkylation sites (N-methyl/N-ethyl adjacent to an activating group) is 1. The summed E-state index contributed by atoms with van der Waals surface area (Å²) < 4.78 is 30.7. The van der Waals surface area contributed by atoms with E-state index in [2.05, 4.69) is 4.72 Å². The van der Waals surface area contributed by atoms with Crippen LogP contribution in [0.25, 0.3) is 0 Å². The van der Waals surface area contributed by atoms with Crippen LogP contribution in [-0.2, 0) is 14.8 Å². The van der Waals surface area contributed by atoms with Gasteiger partial charge in [0.25, 0.3) is 10.0 Å². The summed E-state index contributed by atoms with van der Waals surface area (Å²) in [5.41, 5.74) is 0. The van der Waals surface area contributed by atoms with E-state index in [0.717, 1.165) is 12.1 Å². The molecule has 2 N–H and O–H groups in total. The van der Waals surface area contributed by atoms with Gasteiger partial charge in [-0.2, -0.15) is 4.72 Å². The Morgan fingerprint density at radius 1 is 1.53 bits per heavy atom. The molecule has 1 saturated heterocycles. The minimum absolute atomic E-state index is 0.325. The zero-order valence-electron chi connectivity index (χ0n) is 9.99. The van der Waals surface area contributed by atoms with Crippen LogP contribution in [0.5, 0.6) is 0 Å². The number of rotatable bonds is 4. The first-order valence-corrected chi connectivity index (χ1v) is 6.90. The van der Waals surface area contributed by atoms with Crippen molar-refractivity contribution in [3.05, 3.63) is 17.9 Å². The van der Waals surface area contributed by atoms with Gasteiger partial charge in [-0.3, -0.25) is 4.79 Å². The molecule has 0 aliphatic carbocycles. The van der Waals surface area contributed by atoms with Gasteiger partial charge in [-0.05, 0) is 18.6 Å². The number of likely N-dealkylation sites (tertiary alicyclic amines) is 1. The lowest BCUT2D eigenvalue weighted by atomic mass is 10.3. The average Bonchev–Trinajstić information content (AvgIpc) is 2.92. The predicted molar refractivity (Wildman–Crippen MR) is 62.0 cm³/mol. The summed E-state index contributed by atoms with van der Waals surface area (Å²) in [6.07, 6.45) is 0.362. The summed E-state index contributed by atoms with van der Waals surface area (Å²) in [6, 6.07) is 1.24. The number of carbonyl (C=O) groups is 2. The highest BCUT2D eigenvalue weighted by Crippen LogP contribution is 2.17. The van der Waals surface area contributed by atoms with E-state index in [1.54, 1.807) is 7.05 Å². The Morgan fingerprint density at radius 3 is 2.68 bits per heavy atom. The zero-order valence-corrected chi connectivity index (χ0v) is 10.8. The van der Waals surface area contributed by atoms with Gasteiger partial charge in [0.1, 0.15) is 6.04 Å². The molecule has 1 fully saturated rings. The summed E-state index contributed by atoms with van der Waals surface area (Å²) in [5.74, 6) is -2.16. The van der Waals surface area contributed by atoms with Gasteiger partial charge in [0, 0.05) is 13.6 Å². The van der Waals surface area contributed by atoms with Crippen molar-refractivity contribution in [2.75, 3.05) is 13.6 Å². The largest absolute Gasteiger partial charge is 0.475 e. The van der Waals surface area contributed by atoms with E-state index in [-0.39, 0.29) is 5.91 Å². The fraction of sp³-hybridized carbons (Fsp3) is 0.400. The molecule has 8 nitrogen and oxygen atoms in total. The fourth-order valence-electron chi connectivity index (χ4n) is 1.76. The van der Waals surface area contributed by atoms with Gasteiger partial charge >= 0.3 is 5.97 Å². The number of furan rings is 1. The Balaban J connectivity index is 2.18.